The molecule has 78 heavy (non-hydrogen) atoms. The van der Waals surface area contributed by atoms with Gasteiger partial charge in [0.05, 0.1) is 50.3 Å². The molecule has 0 spiro atoms. The first-order valence-corrected chi connectivity index (χ1v) is 36.2. The largest absolute Gasteiger partial charge is 0.407 e. The SMILES string of the molecule is CO[C@@]1(C[C@@H]2C/C(=C/CO[Si](c3ccccc3)(c3ccccc3)C(C)(C)C)C[C@H](CO)O2)O[C@H](C[C@@H](CCO[Si](c2ccccc2)(c2ccccc2)C(C)(C)C)OCOCC[Si](C)(C)C)C[C@H](OCc2ccccc2)C1(C)C. The summed E-state index contributed by atoms with van der Waals surface area (Å²) in [4.78, 5) is 0. The predicted octanol–water partition coefficient (Wildman–Crippen LogP) is 12.2. The zero-order valence-electron chi connectivity index (χ0n) is 49.3. The van der Waals surface area contributed by atoms with Crippen LogP contribution in [0.5, 0.6) is 0 Å². The number of aliphatic hydroxyl groups excluding tert-OH is 1. The Labute approximate surface area is 472 Å². The van der Waals surface area contributed by atoms with Gasteiger partial charge in [-0.1, -0.05) is 238 Å². The highest BCUT2D eigenvalue weighted by atomic mass is 28.4. The number of ether oxygens (including phenoxy) is 6. The minimum Gasteiger partial charge on any atom is -0.407 e. The Morgan fingerprint density at radius 2 is 1.14 bits per heavy atom. The van der Waals surface area contributed by atoms with Crippen LogP contribution in [0, 0.1) is 5.41 Å². The van der Waals surface area contributed by atoms with Crippen LogP contribution in [0.15, 0.2) is 163 Å². The van der Waals surface area contributed by atoms with E-state index in [4.69, 9.17) is 37.3 Å². The van der Waals surface area contributed by atoms with E-state index in [9.17, 15) is 5.11 Å². The van der Waals surface area contributed by atoms with Crippen LogP contribution in [-0.2, 0) is 43.9 Å². The van der Waals surface area contributed by atoms with Crippen molar-refractivity contribution in [1.29, 1.82) is 0 Å². The molecule has 2 fully saturated rings. The molecule has 1 N–H and O–H groups in total. The number of methoxy groups -OCH3 is 1. The summed E-state index contributed by atoms with van der Waals surface area (Å²) in [6, 6.07) is 54.6. The summed E-state index contributed by atoms with van der Waals surface area (Å²) in [6.07, 6.45) is 4.22. The van der Waals surface area contributed by atoms with E-state index in [-0.39, 0.29) is 47.9 Å². The number of aliphatic hydroxyl groups is 1. The second-order valence-electron chi connectivity index (χ2n) is 25.6. The number of benzene rings is 5. The average Bonchev–Trinajstić information content (AvgIpc) is 3.53. The molecular weight excluding hydrogens is 1020 g/mol. The van der Waals surface area contributed by atoms with Gasteiger partial charge in [0.25, 0.3) is 16.6 Å². The van der Waals surface area contributed by atoms with Gasteiger partial charge in [-0.05, 0) is 61.7 Å². The van der Waals surface area contributed by atoms with Crippen molar-refractivity contribution in [1.82, 2.24) is 0 Å². The fourth-order valence-electron chi connectivity index (χ4n) is 12.2. The van der Waals surface area contributed by atoms with E-state index in [0.717, 1.165) is 11.6 Å². The van der Waals surface area contributed by atoms with E-state index in [0.29, 0.717) is 65.0 Å². The van der Waals surface area contributed by atoms with Crippen LogP contribution < -0.4 is 20.7 Å². The minimum absolute atomic E-state index is 0.103. The smallest absolute Gasteiger partial charge is 0.261 e. The highest BCUT2D eigenvalue weighted by Crippen LogP contribution is 2.51. The lowest BCUT2D eigenvalue weighted by Gasteiger charge is -2.56. The van der Waals surface area contributed by atoms with Crippen LogP contribution in [0.25, 0.3) is 0 Å². The fraction of sp³-hybridized carbons (Fsp3) is 0.515. The van der Waals surface area contributed by atoms with E-state index in [1.54, 1.807) is 7.11 Å². The molecule has 424 valence electrons. The van der Waals surface area contributed by atoms with Gasteiger partial charge >= 0.3 is 0 Å². The normalized spacial score (nSPS) is 22.3. The standard InChI is InChI=1S/C66H94O9Si3/c1-63(2,3)77(58-30-20-14-21-31-58,59-32-22-15-23-33-59)72-40-38-53-44-56(74-57(45-53)49-67)48-66(68-9)65(7,8)62(70-50-52-28-18-13-19-29-52)47-55(75-66)46-54(71-51-69-42-43-76(10,11)12)39-41-73-78(64(4,5)6,60-34-24-16-25-35-60)61-36-26-17-27-37-61/h13-38,54-57,62,67H,39-51H2,1-12H3/b53-38-/t54-,55-,56+,57-,62+,66+/m1/s1. The Morgan fingerprint density at radius 1 is 0.654 bits per heavy atom. The zero-order valence-corrected chi connectivity index (χ0v) is 52.3. The molecule has 0 aromatic heterocycles. The van der Waals surface area contributed by atoms with Crippen molar-refractivity contribution in [2.24, 2.45) is 5.41 Å². The van der Waals surface area contributed by atoms with Crippen molar-refractivity contribution in [2.75, 3.05) is 40.3 Å². The molecule has 12 heteroatoms. The van der Waals surface area contributed by atoms with Crippen LogP contribution in [0.4, 0.5) is 0 Å². The maximum atomic E-state index is 10.8. The van der Waals surface area contributed by atoms with E-state index < -0.39 is 42.0 Å². The summed E-state index contributed by atoms with van der Waals surface area (Å²) < 4.78 is 56.1. The van der Waals surface area contributed by atoms with Gasteiger partial charge in [-0.3, -0.25) is 0 Å². The van der Waals surface area contributed by atoms with Crippen molar-refractivity contribution < 1.29 is 42.4 Å². The first-order chi connectivity index (χ1) is 37.2. The van der Waals surface area contributed by atoms with Crippen LogP contribution in [0.2, 0.25) is 35.8 Å². The Kier molecular flexibility index (Phi) is 21.6. The summed E-state index contributed by atoms with van der Waals surface area (Å²) in [5.41, 5.74) is 1.66. The van der Waals surface area contributed by atoms with Crippen LogP contribution in [0.1, 0.15) is 99.5 Å². The van der Waals surface area contributed by atoms with Gasteiger partial charge in [-0.15, -0.1) is 0 Å². The molecule has 0 amide bonds. The van der Waals surface area contributed by atoms with Crippen molar-refractivity contribution in [2.45, 2.75) is 173 Å². The van der Waals surface area contributed by atoms with Gasteiger partial charge in [-0.2, -0.15) is 0 Å². The third-order valence-electron chi connectivity index (χ3n) is 16.5. The van der Waals surface area contributed by atoms with Crippen molar-refractivity contribution in [3.05, 3.63) is 169 Å². The summed E-state index contributed by atoms with van der Waals surface area (Å²) in [6.45, 7) is 27.5. The Balaban J connectivity index is 1.18. The monoisotopic (exact) mass is 1110 g/mol. The van der Waals surface area contributed by atoms with Crippen molar-refractivity contribution >= 4 is 45.5 Å². The quantitative estimate of drug-likeness (QED) is 0.0251. The highest BCUT2D eigenvalue weighted by Gasteiger charge is 2.59. The van der Waals surface area contributed by atoms with E-state index in [1.165, 1.54) is 26.3 Å². The van der Waals surface area contributed by atoms with Gasteiger partial charge in [0.2, 0.25) is 0 Å². The zero-order chi connectivity index (χ0) is 56.1. The van der Waals surface area contributed by atoms with Gasteiger partial charge in [0.15, 0.2) is 5.79 Å². The Morgan fingerprint density at radius 3 is 1.62 bits per heavy atom. The second-order valence-corrected chi connectivity index (χ2v) is 39.8. The van der Waals surface area contributed by atoms with Gasteiger partial charge in [0.1, 0.15) is 6.79 Å². The first-order valence-electron chi connectivity index (χ1n) is 28.7. The molecule has 0 aliphatic carbocycles. The molecule has 5 aromatic rings. The highest BCUT2D eigenvalue weighted by molar-refractivity contribution is 7.00. The molecule has 5 aromatic carbocycles. The molecule has 0 saturated carbocycles. The number of rotatable bonds is 26. The molecule has 0 unspecified atom stereocenters. The third-order valence-corrected chi connectivity index (χ3v) is 28.2. The molecule has 2 heterocycles. The van der Waals surface area contributed by atoms with Gasteiger partial charge in [0, 0.05) is 53.1 Å². The van der Waals surface area contributed by atoms with Gasteiger partial charge in [-0.25, -0.2) is 0 Å². The number of hydrogen-bond donors (Lipinski definition) is 1. The maximum Gasteiger partial charge on any atom is 0.261 e. The van der Waals surface area contributed by atoms with Crippen molar-refractivity contribution in [3.63, 3.8) is 0 Å². The molecule has 2 saturated heterocycles. The summed E-state index contributed by atoms with van der Waals surface area (Å²) in [5, 5.41) is 15.5. The van der Waals surface area contributed by atoms with Crippen LogP contribution in [0.3, 0.4) is 0 Å². The molecule has 6 atom stereocenters. The van der Waals surface area contributed by atoms with E-state index >= 15 is 0 Å². The Bertz CT molecular complexity index is 2490. The van der Waals surface area contributed by atoms with Crippen molar-refractivity contribution in [3.8, 4) is 0 Å². The summed E-state index contributed by atoms with van der Waals surface area (Å²) in [7, 11) is -5.18. The predicted molar refractivity (Wildman–Crippen MR) is 326 cm³/mol. The molecule has 2 aliphatic rings. The molecule has 9 nitrogen and oxygen atoms in total. The van der Waals surface area contributed by atoms with Crippen LogP contribution in [-0.4, -0.2) is 106 Å². The Hall–Kier alpha value is -3.87. The first kappa shape index (κ1) is 61.7. The summed E-state index contributed by atoms with van der Waals surface area (Å²) >= 11 is 0. The molecule has 2 aliphatic heterocycles. The van der Waals surface area contributed by atoms with E-state index in [1.807, 2.05) is 6.07 Å². The maximum absolute atomic E-state index is 10.8. The lowest BCUT2D eigenvalue weighted by Crippen LogP contribution is -2.66. The van der Waals surface area contributed by atoms with E-state index in [2.05, 4.69) is 227 Å². The topological polar surface area (TPSA) is 94.1 Å². The fourth-order valence-corrected chi connectivity index (χ4v) is 22.0. The summed E-state index contributed by atoms with van der Waals surface area (Å²) in [5.74, 6) is -1.14. The number of hydrogen-bond acceptors (Lipinski definition) is 9. The average molecular weight is 1120 g/mol. The molecule has 7 rings (SSSR count). The molecule has 0 bridgehead atoms. The van der Waals surface area contributed by atoms with Crippen LogP contribution >= 0.6 is 0 Å². The second kappa shape index (κ2) is 27.3. The van der Waals surface area contributed by atoms with Gasteiger partial charge < -0.3 is 42.4 Å². The molecular formula is C66H94O9Si3. The minimum atomic E-state index is -2.83. The lowest BCUT2D eigenvalue weighted by molar-refractivity contribution is -0.364. The lowest BCUT2D eigenvalue weighted by atomic mass is 9.70. The molecule has 0 radical (unpaired) electrons. The third kappa shape index (κ3) is 15.0.